The minimum absolute atomic E-state index is 0.0101. The van der Waals surface area contributed by atoms with Gasteiger partial charge in [0.05, 0.1) is 5.56 Å². The van der Waals surface area contributed by atoms with E-state index < -0.39 is 11.9 Å². The number of nitrogens with zero attached hydrogens (tertiary/aromatic N) is 2. The number of anilines is 1. The number of halogens is 3. The van der Waals surface area contributed by atoms with E-state index in [0.717, 1.165) is 6.07 Å². The van der Waals surface area contributed by atoms with Crippen molar-refractivity contribution in [1.82, 2.24) is 9.88 Å². The lowest BCUT2D eigenvalue weighted by atomic mass is 10.2. The summed E-state index contributed by atoms with van der Waals surface area (Å²) in [6.45, 7) is 5.16. The zero-order chi connectivity index (χ0) is 16.2. The molecule has 118 valence electrons. The lowest BCUT2D eigenvalue weighted by molar-refractivity contribution is -0.141. The van der Waals surface area contributed by atoms with Crippen LogP contribution < -0.4 is 11.1 Å². The number of pyridine rings is 1. The van der Waals surface area contributed by atoms with Crippen LogP contribution in [0.1, 0.15) is 25.1 Å². The highest BCUT2D eigenvalue weighted by Crippen LogP contribution is 2.29. The number of alkyl halides is 3. The van der Waals surface area contributed by atoms with Crippen LogP contribution in [-0.4, -0.2) is 41.1 Å². The third kappa shape index (κ3) is 5.13. The Morgan fingerprint density at radius 2 is 2.05 bits per heavy atom. The fraction of sp³-hybridized carbons (Fsp3) is 0.538. The van der Waals surface area contributed by atoms with Crippen LogP contribution in [0.2, 0.25) is 0 Å². The predicted molar refractivity (Wildman–Crippen MR) is 81.4 cm³/mol. The van der Waals surface area contributed by atoms with Crippen molar-refractivity contribution in [3.8, 4) is 0 Å². The monoisotopic (exact) mass is 320 g/mol. The maximum absolute atomic E-state index is 12.7. The summed E-state index contributed by atoms with van der Waals surface area (Å²) in [5.41, 5.74) is 4.85. The van der Waals surface area contributed by atoms with E-state index in [1.165, 1.54) is 6.07 Å². The van der Waals surface area contributed by atoms with Gasteiger partial charge < -0.3 is 16.0 Å². The van der Waals surface area contributed by atoms with E-state index >= 15 is 0 Å². The van der Waals surface area contributed by atoms with Crippen LogP contribution in [0.4, 0.5) is 19.0 Å². The van der Waals surface area contributed by atoms with Gasteiger partial charge in [-0.05, 0) is 33.0 Å². The molecule has 4 nitrogen and oxygen atoms in total. The second kappa shape index (κ2) is 7.04. The Hall–Kier alpha value is -1.41. The third-order valence-electron chi connectivity index (χ3n) is 3.09. The van der Waals surface area contributed by atoms with Crippen molar-refractivity contribution in [3.05, 3.63) is 23.4 Å². The average molecular weight is 320 g/mol. The van der Waals surface area contributed by atoms with Gasteiger partial charge in [0.15, 0.2) is 0 Å². The Kier molecular flexibility index (Phi) is 5.91. The molecule has 0 fully saturated rings. The Bertz CT molecular complexity index is 503. The molecule has 0 radical (unpaired) electrons. The lowest BCUT2D eigenvalue weighted by Crippen LogP contribution is -2.31. The van der Waals surface area contributed by atoms with Gasteiger partial charge in [-0.3, -0.25) is 0 Å². The van der Waals surface area contributed by atoms with E-state index in [-0.39, 0.29) is 10.8 Å². The van der Waals surface area contributed by atoms with Gasteiger partial charge in [-0.1, -0.05) is 12.2 Å². The molecule has 0 atom stereocenters. The van der Waals surface area contributed by atoms with Crippen LogP contribution in [0.3, 0.4) is 0 Å². The van der Waals surface area contributed by atoms with E-state index in [1.54, 1.807) is 0 Å². The van der Waals surface area contributed by atoms with Crippen LogP contribution in [0.25, 0.3) is 0 Å². The number of thiocarbonyl (C=S) groups is 1. The lowest BCUT2D eigenvalue weighted by Gasteiger charge is -2.21. The first-order valence-corrected chi connectivity index (χ1v) is 6.86. The quantitative estimate of drug-likeness (QED) is 0.789. The number of aromatic nitrogens is 1. The largest absolute Gasteiger partial charge is 0.433 e. The Morgan fingerprint density at radius 3 is 2.52 bits per heavy atom. The molecule has 0 unspecified atom stereocenters. The van der Waals surface area contributed by atoms with Crippen molar-refractivity contribution < 1.29 is 13.2 Å². The van der Waals surface area contributed by atoms with E-state index in [9.17, 15) is 13.2 Å². The molecule has 0 bridgehead atoms. The van der Waals surface area contributed by atoms with Crippen molar-refractivity contribution in [2.24, 2.45) is 5.73 Å². The number of nitrogens with one attached hydrogen (secondary N) is 1. The summed E-state index contributed by atoms with van der Waals surface area (Å²) in [4.78, 5) is 5.65. The maximum Gasteiger partial charge on any atom is 0.433 e. The summed E-state index contributed by atoms with van der Waals surface area (Å²) in [6, 6.07) is 2.46. The zero-order valence-electron chi connectivity index (χ0n) is 12.2. The Balaban J connectivity index is 2.89. The SMILES string of the molecule is CC(C)N(C)CCNc1nc(C(F)(F)F)ccc1C(N)=S. The van der Waals surface area contributed by atoms with Gasteiger partial charge in [-0.15, -0.1) is 0 Å². The van der Waals surface area contributed by atoms with Crippen molar-refractivity contribution in [1.29, 1.82) is 0 Å². The molecule has 3 N–H and O–H groups in total. The van der Waals surface area contributed by atoms with Gasteiger partial charge in [0, 0.05) is 19.1 Å². The van der Waals surface area contributed by atoms with Gasteiger partial charge >= 0.3 is 6.18 Å². The first kappa shape index (κ1) is 17.6. The van der Waals surface area contributed by atoms with Crippen LogP contribution in [0.5, 0.6) is 0 Å². The van der Waals surface area contributed by atoms with Crippen LogP contribution in [-0.2, 0) is 6.18 Å². The molecule has 0 saturated carbocycles. The van der Waals surface area contributed by atoms with E-state index in [0.29, 0.717) is 24.7 Å². The molecule has 0 aliphatic heterocycles. The fourth-order valence-corrected chi connectivity index (χ4v) is 1.72. The summed E-state index contributed by atoms with van der Waals surface area (Å²) in [7, 11) is 1.93. The minimum Gasteiger partial charge on any atom is -0.389 e. The first-order chi connectivity index (χ1) is 9.62. The van der Waals surface area contributed by atoms with Gasteiger partial charge in [0.2, 0.25) is 0 Å². The van der Waals surface area contributed by atoms with Crippen LogP contribution >= 0.6 is 12.2 Å². The molecule has 1 heterocycles. The molecule has 0 amide bonds. The van der Waals surface area contributed by atoms with Crippen molar-refractivity contribution in [2.45, 2.75) is 26.1 Å². The zero-order valence-corrected chi connectivity index (χ0v) is 13.0. The van der Waals surface area contributed by atoms with Gasteiger partial charge in [0.25, 0.3) is 0 Å². The van der Waals surface area contributed by atoms with E-state index in [2.05, 4.69) is 15.2 Å². The third-order valence-corrected chi connectivity index (χ3v) is 3.31. The Labute approximate surface area is 127 Å². The van der Waals surface area contributed by atoms with Gasteiger partial charge in [0.1, 0.15) is 16.5 Å². The molecular weight excluding hydrogens is 301 g/mol. The second-order valence-electron chi connectivity index (χ2n) is 4.96. The molecular formula is C13H19F3N4S. The summed E-state index contributed by atoms with van der Waals surface area (Å²) < 4.78 is 38.1. The summed E-state index contributed by atoms with van der Waals surface area (Å²) in [5, 5.41) is 2.87. The van der Waals surface area contributed by atoms with Gasteiger partial charge in [-0.25, -0.2) is 4.98 Å². The molecule has 0 saturated heterocycles. The topological polar surface area (TPSA) is 54.2 Å². The van der Waals surface area contributed by atoms with Crippen molar-refractivity contribution in [3.63, 3.8) is 0 Å². The molecule has 0 aliphatic rings. The van der Waals surface area contributed by atoms with Gasteiger partial charge in [-0.2, -0.15) is 13.2 Å². The van der Waals surface area contributed by atoms with E-state index in [1.807, 2.05) is 20.9 Å². The molecule has 0 aliphatic carbocycles. The average Bonchev–Trinajstić information content (AvgIpc) is 2.36. The molecule has 21 heavy (non-hydrogen) atoms. The number of likely N-dealkylation sites (N-methyl/N-ethyl adjacent to an activating group) is 1. The van der Waals surface area contributed by atoms with Crippen molar-refractivity contribution >= 4 is 23.0 Å². The summed E-state index contributed by atoms with van der Waals surface area (Å²) >= 11 is 4.84. The highest BCUT2D eigenvalue weighted by molar-refractivity contribution is 7.80. The molecule has 1 rings (SSSR count). The van der Waals surface area contributed by atoms with Crippen LogP contribution in [0.15, 0.2) is 12.1 Å². The molecule has 1 aromatic rings. The molecule has 0 spiro atoms. The summed E-state index contributed by atoms with van der Waals surface area (Å²) in [6.07, 6.45) is -4.50. The molecule has 8 heteroatoms. The normalized spacial score (nSPS) is 12.0. The van der Waals surface area contributed by atoms with Crippen LogP contribution in [0, 0.1) is 0 Å². The predicted octanol–water partition coefficient (Wildman–Crippen LogP) is 2.49. The highest BCUT2D eigenvalue weighted by atomic mass is 32.1. The van der Waals surface area contributed by atoms with Crippen molar-refractivity contribution in [2.75, 3.05) is 25.5 Å². The minimum atomic E-state index is -4.50. The maximum atomic E-state index is 12.7. The van der Waals surface area contributed by atoms with E-state index in [4.69, 9.17) is 18.0 Å². The standard InChI is InChI=1S/C13H19F3N4S/c1-8(2)20(3)7-6-18-12-9(11(17)21)4-5-10(19-12)13(14,15)16/h4-5,8H,6-7H2,1-3H3,(H2,17,21)(H,18,19). The fourth-order valence-electron chi connectivity index (χ4n) is 1.56. The number of hydrogen-bond donors (Lipinski definition) is 2. The number of rotatable bonds is 6. The smallest absolute Gasteiger partial charge is 0.389 e. The first-order valence-electron chi connectivity index (χ1n) is 6.45. The number of nitrogens with two attached hydrogens (primary N) is 1. The number of hydrogen-bond acceptors (Lipinski definition) is 4. The Morgan fingerprint density at radius 1 is 1.43 bits per heavy atom. The second-order valence-corrected chi connectivity index (χ2v) is 5.40. The summed E-state index contributed by atoms with van der Waals surface area (Å²) in [5.74, 6) is 0.0643. The highest BCUT2D eigenvalue weighted by Gasteiger charge is 2.33. The molecule has 0 aromatic carbocycles. The molecule has 1 aromatic heterocycles.